The van der Waals surface area contributed by atoms with E-state index >= 15 is 0 Å². The van der Waals surface area contributed by atoms with Crippen LogP contribution in [0.2, 0.25) is 0 Å². The molecule has 0 amide bonds. The lowest BCUT2D eigenvalue weighted by Crippen LogP contribution is -2.20. The number of benzene rings is 2. The second-order valence-corrected chi connectivity index (χ2v) is 7.18. The molecular weight excluding hydrogens is 300 g/mol. The van der Waals surface area contributed by atoms with Crippen LogP contribution in [0.25, 0.3) is 0 Å². The Kier molecular flexibility index (Phi) is 4.09. The molecule has 1 heterocycles. The fourth-order valence-electron chi connectivity index (χ4n) is 2.07. The van der Waals surface area contributed by atoms with E-state index in [-0.39, 0.29) is 6.54 Å². The monoisotopic (exact) mass is 312 g/mol. The topological polar surface area (TPSA) is 44.1 Å². The molecular formula is C16H12N2OS2. The van der Waals surface area contributed by atoms with Crippen molar-refractivity contribution in [2.24, 2.45) is 0 Å². The molecule has 1 unspecified atom stereocenters. The first-order chi connectivity index (χ1) is 10.3. The van der Waals surface area contributed by atoms with E-state index in [1.165, 1.54) is 11.8 Å². The van der Waals surface area contributed by atoms with Crippen LogP contribution < -0.4 is 4.90 Å². The van der Waals surface area contributed by atoms with Crippen molar-refractivity contribution in [1.29, 1.82) is 5.26 Å². The summed E-state index contributed by atoms with van der Waals surface area (Å²) in [7, 11) is -1.23. The summed E-state index contributed by atoms with van der Waals surface area (Å²) in [5.74, 6) is 0. The van der Waals surface area contributed by atoms with E-state index < -0.39 is 10.8 Å². The van der Waals surface area contributed by atoms with E-state index in [2.05, 4.69) is 6.07 Å². The van der Waals surface area contributed by atoms with Crippen LogP contribution in [-0.4, -0.2) is 10.8 Å². The molecule has 0 N–H and O–H groups in total. The number of hydrogen-bond acceptors (Lipinski definition) is 4. The van der Waals surface area contributed by atoms with E-state index in [0.29, 0.717) is 0 Å². The molecule has 0 saturated heterocycles. The van der Waals surface area contributed by atoms with Crippen LogP contribution in [-0.2, 0) is 10.8 Å². The van der Waals surface area contributed by atoms with Gasteiger partial charge in [-0.15, -0.1) is 0 Å². The van der Waals surface area contributed by atoms with Gasteiger partial charge in [0.2, 0.25) is 0 Å². The predicted octanol–water partition coefficient (Wildman–Crippen LogP) is 3.73. The van der Waals surface area contributed by atoms with E-state index in [9.17, 15) is 4.21 Å². The third-order valence-electron chi connectivity index (χ3n) is 3.03. The molecule has 0 bridgehead atoms. The van der Waals surface area contributed by atoms with Gasteiger partial charge in [-0.05, 0) is 24.3 Å². The zero-order valence-electron chi connectivity index (χ0n) is 11.1. The van der Waals surface area contributed by atoms with Gasteiger partial charge in [0.25, 0.3) is 0 Å². The van der Waals surface area contributed by atoms with E-state index in [0.717, 1.165) is 19.7 Å². The molecule has 3 nitrogen and oxygen atoms in total. The molecule has 0 spiro atoms. The van der Waals surface area contributed by atoms with E-state index in [4.69, 9.17) is 5.26 Å². The Morgan fingerprint density at radius 3 is 2.57 bits per heavy atom. The first-order valence-corrected chi connectivity index (χ1v) is 8.35. The maximum absolute atomic E-state index is 12.7. The van der Waals surface area contributed by atoms with Crippen molar-refractivity contribution in [2.75, 3.05) is 11.4 Å². The van der Waals surface area contributed by atoms with Crippen molar-refractivity contribution in [3.05, 3.63) is 65.0 Å². The molecule has 1 aliphatic rings. The molecule has 2 aromatic carbocycles. The molecule has 2 aromatic rings. The van der Waals surface area contributed by atoms with Crippen LogP contribution in [0.4, 0.5) is 5.69 Å². The lowest BCUT2D eigenvalue weighted by molar-refractivity contribution is 0.688. The minimum Gasteiger partial charge on any atom is -0.331 e. The molecule has 21 heavy (non-hydrogen) atoms. The van der Waals surface area contributed by atoms with Gasteiger partial charge in [-0.3, -0.25) is 0 Å². The Morgan fingerprint density at radius 2 is 1.81 bits per heavy atom. The summed E-state index contributed by atoms with van der Waals surface area (Å²) in [5.41, 5.74) is 0.984. The molecule has 0 radical (unpaired) electrons. The minimum atomic E-state index is -1.23. The normalized spacial score (nSPS) is 14.8. The van der Waals surface area contributed by atoms with Crippen LogP contribution in [0.15, 0.2) is 74.8 Å². The maximum Gasteiger partial charge on any atom is 0.110 e. The molecule has 0 fully saturated rings. The largest absolute Gasteiger partial charge is 0.331 e. The summed E-state index contributed by atoms with van der Waals surface area (Å²) in [6, 6.07) is 19.4. The average Bonchev–Trinajstić information content (AvgIpc) is 2.55. The van der Waals surface area contributed by atoms with Crippen molar-refractivity contribution in [2.45, 2.75) is 9.79 Å². The highest BCUT2D eigenvalue weighted by atomic mass is 32.2. The summed E-state index contributed by atoms with van der Waals surface area (Å²) in [5, 5.41) is 8.98. The zero-order valence-corrected chi connectivity index (χ0v) is 12.7. The average molecular weight is 312 g/mol. The van der Waals surface area contributed by atoms with Crippen LogP contribution in [0.3, 0.4) is 0 Å². The molecule has 0 saturated carbocycles. The third kappa shape index (κ3) is 2.87. The molecule has 104 valence electrons. The molecule has 1 aliphatic heterocycles. The zero-order chi connectivity index (χ0) is 14.7. The van der Waals surface area contributed by atoms with Crippen molar-refractivity contribution >= 4 is 28.2 Å². The fraction of sp³-hybridized carbons (Fsp3) is 0.0625. The van der Waals surface area contributed by atoms with Crippen molar-refractivity contribution in [3.8, 4) is 6.07 Å². The number of thioether (sulfide) groups is 1. The number of nitriles is 1. The molecule has 0 aromatic heterocycles. The molecule has 3 rings (SSSR count). The van der Waals surface area contributed by atoms with Gasteiger partial charge in [-0.2, -0.15) is 5.26 Å². The van der Waals surface area contributed by atoms with E-state index in [1.54, 1.807) is 0 Å². The molecule has 1 atom stereocenters. The van der Waals surface area contributed by atoms with Crippen LogP contribution >= 0.6 is 11.8 Å². The van der Waals surface area contributed by atoms with Gasteiger partial charge in [0, 0.05) is 16.0 Å². The smallest absolute Gasteiger partial charge is 0.110 e. The molecule has 0 aliphatic carbocycles. The van der Waals surface area contributed by atoms with Gasteiger partial charge in [0.1, 0.15) is 6.54 Å². The minimum absolute atomic E-state index is 0.243. The Hall–Kier alpha value is -2.03. The summed E-state index contributed by atoms with van der Waals surface area (Å²) in [6.07, 6.45) is 1.82. The first-order valence-electron chi connectivity index (χ1n) is 6.39. The number of anilines is 1. The number of hydrogen-bond donors (Lipinski definition) is 0. The lowest BCUT2D eigenvalue weighted by atomic mass is 10.3. The summed E-state index contributed by atoms with van der Waals surface area (Å²) in [4.78, 5) is 3.64. The Bertz CT molecular complexity index is 750. The molecule has 5 heteroatoms. The van der Waals surface area contributed by atoms with Crippen LogP contribution in [0, 0.1) is 11.3 Å². The summed E-state index contributed by atoms with van der Waals surface area (Å²) < 4.78 is 13.4. The lowest BCUT2D eigenvalue weighted by Gasteiger charge is -2.26. The highest BCUT2D eigenvalue weighted by Gasteiger charge is 2.22. The first kappa shape index (κ1) is 13.9. The maximum atomic E-state index is 12.7. The van der Waals surface area contributed by atoms with Crippen molar-refractivity contribution < 1.29 is 4.21 Å². The third-order valence-corrected chi connectivity index (χ3v) is 5.77. The Balaban J connectivity index is 1.98. The Labute approximate surface area is 130 Å². The van der Waals surface area contributed by atoms with Gasteiger partial charge >= 0.3 is 0 Å². The number of nitrogens with zero attached hydrogens (tertiary/aromatic N) is 2. The van der Waals surface area contributed by atoms with Gasteiger partial charge in [0.05, 0.1) is 26.8 Å². The second-order valence-electron chi connectivity index (χ2n) is 4.39. The summed E-state index contributed by atoms with van der Waals surface area (Å²) in [6.45, 7) is 0.243. The highest BCUT2D eigenvalue weighted by Crippen LogP contribution is 2.42. The Morgan fingerprint density at radius 1 is 1.10 bits per heavy atom. The number of para-hydroxylation sites is 1. The van der Waals surface area contributed by atoms with Crippen LogP contribution in [0.5, 0.6) is 0 Å². The van der Waals surface area contributed by atoms with Crippen LogP contribution in [0.1, 0.15) is 0 Å². The quantitative estimate of drug-likeness (QED) is 0.810. The van der Waals surface area contributed by atoms with Crippen molar-refractivity contribution in [3.63, 3.8) is 0 Å². The van der Waals surface area contributed by atoms with Crippen molar-refractivity contribution in [1.82, 2.24) is 0 Å². The highest BCUT2D eigenvalue weighted by molar-refractivity contribution is 8.16. The van der Waals surface area contributed by atoms with Gasteiger partial charge in [-0.1, -0.05) is 42.1 Å². The van der Waals surface area contributed by atoms with E-state index in [1.807, 2.05) is 65.7 Å². The standard InChI is InChI=1S/C16H12N2OS2/c17-10-11-18-12-16(20-15-9-5-4-8-14(15)18)21(19)13-6-2-1-3-7-13/h1-9,12H,11H2. The number of fused-ring (bicyclic) bond motifs is 1. The van der Waals surface area contributed by atoms with Gasteiger partial charge < -0.3 is 4.90 Å². The predicted molar refractivity (Wildman–Crippen MR) is 86.2 cm³/mol. The second kappa shape index (κ2) is 6.17. The summed E-state index contributed by atoms with van der Waals surface area (Å²) >= 11 is 1.50. The SMILES string of the molecule is N#CCN1C=C(S(=O)c2ccccc2)Sc2ccccc21. The number of rotatable bonds is 3. The van der Waals surface area contributed by atoms with Gasteiger partial charge in [-0.25, -0.2) is 4.21 Å². The van der Waals surface area contributed by atoms with Gasteiger partial charge in [0.15, 0.2) is 0 Å². The fourth-order valence-corrected chi connectivity index (χ4v) is 4.62.